The standard InChI is InChI=1S/C23H22N2O3S/c26-22(15-16-29-19-11-5-2-6-12-19)24-25-23(27)17-28-21-14-8-7-13-20(21)18-9-3-1-4-10-18/h1-14H,15-17H2,(H,24,26)(H,25,27). The van der Waals surface area contributed by atoms with Crippen LogP contribution in [0.25, 0.3) is 11.1 Å². The summed E-state index contributed by atoms with van der Waals surface area (Å²) < 4.78 is 5.66. The second kappa shape index (κ2) is 10.9. The van der Waals surface area contributed by atoms with Gasteiger partial charge in [-0.15, -0.1) is 11.8 Å². The molecule has 6 heteroatoms. The van der Waals surface area contributed by atoms with E-state index < -0.39 is 5.91 Å². The van der Waals surface area contributed by atoms with Crippen LogP contribution < -0.4 is 15.6 Å². The van der Waals surface area contributed by atoms with E-state index in [0.717, 1.165) is 16.0 Å². The maximum Gasteiger partial charge on any atom is 0.276 e. The molecule has 0 unspecified atom stereocenters. The Morgan fingerprint density at radius 2 is 1.38 bits per heavy atom. The van der Waals surface area contributed by atoms with Crippen molar-refractivity contribution in [3.63, 3.8) is 0 Å². The van der Waals surface area contributed by atoms with Gasteiger partial charge in [-0.2, -0.15) is 0 Å². The third-order valence-corrected chi connectivity index (χ3v) is 5.03. The summed E-state index contributed by atoms with van der Waals surface area (Å²) in [7, 11) is 0. The lowest BCUT2D eigenvalue weighted by Gasteiger charge is -2.12. The SMILES string of the molecule is O=C(CCSc1ccccc1)NNC(=O)COc1ccccc1-c1ccccc1. The summed E-state index contributed by atoms with van der Waals surface area (Å²) in [5.74, 6) is 0.579. The summed E-state index contributed by atoms with van der Waals surface area (Å²) in [6.07, 6.45) is 0.303. The van der Waals surface area contributed by atoms with Crippen LogP contribution >= 0.6 is 11.8 Å². The number of rotatable bonds is 8. The minimum atomic E-state index is -0.420. The Bertz CT molecular complexity index is 933. The van der Waals surface area contributed by atoms with Gasteiger partial charge >= 0.3 is 0 Å². The average molecular weight is 407 g/mol. The largest absolute Gasteiger partial charge is 0.483 e. The number of amides is 2. The minimum absolute atomic E-state index is 0.192. The van der Waals surface area contributed by atoms with Crippen LogP contribution in [-0.4, -0.2) is 24.2 Å². The molecule has 0 bridgehead atoms. The van der Waals surface area contributed by atoms with E-state index in [2.05, 4.69) is 10.9 Å². The maximum absolute atomic E-state index is 12.0. The van der Waals surface area contributed by atoms with Crippen LogP contribution in [0.4, 0.5) is 0 Å². The summed E-state index contributed by atoms with van der Waals surface area (Å²) in [5.41, 5.74) is 6.72. The van der Waals surface area contributed by atoms with Crippen molar-refractivity contribution in [2.24, 2.45) is 0 Å². The first-order valence-corrected chi connectivity index (χ1v) is 10.2. The Hall–Kier alpha value is -3.25. The van der Waals surface area contributed by atoms with E-state index in [1.807, 2.05) is 84.9 Å². The van der Waals surface area contributed by atoms with Gasteiger partial charge in [0.2, 0.25) is 5.91 Å². The van der Waals surface area contributed by atoms with Gasteiger partial charge in [-0.3, -0.25) is 20.4 Å². The van der Waals surface area contributed by atoms with Crippen molar-refractivity contribution in [1.29, 1.82) is 0 Å². The lowest BCUT2D eigenvalue weighted by Crippen LogP contribution is -2.43. The second-order valence-electron chi connectivity index (χ2n) is 6.16. The van der Waals surface area contributed by atoms with Crippen LogP contribution in [-0.2, 0) is 9.59 Å². The van der Waals surface area contributed by atoms with Crippen LogP contribution in [0, 0.1) is 0 Å². The molecule has 5 nitrogen and oxygen atoms in total. The Labute approximate surface area is 174 Å². The summed E-state index contributed by atoms with van der Waals surface area (Å²) >= 11 is 1.59. The highest BCUT2D eigenvalue weighted by atomic mass is 32.2. The van der Waals surface area contributed by atoms with Crippen molar-refractivity contribution in [3.8, 4) is 16.9 Å². The van der Waals surface area contributed by atoms with Gasteiger partial charge in [-0.25, -0.2) is 0 Å². The van der Waals surface area contributed by atoms with E-state index in [1.165, 1.54) is 0 Å². The zero-order chi connectivity index (χ0) is 20.3. The number of para-hydroxylation sites is 1. The number of carbonyl (C=O) groups is 2. The van der Waals surface area contributed by atoms with Crippen molar-refractivity contribution in [3.05, 3.63) is 84.9 Å². The van der Waals surface area contributed by atoms with Crippen molar-refractivity contribution in [2.45, 2.75) is 11.3 Å². The molecule has 148 valence electrons. The van der Waals surface area contributed by atoms with E-state index in [-0.39, 0.29) is 12.5 Å². The third kappa shape index (κ3) is 6.69. The maximum atomic E-state index is 12.0. The highest BCUT2D eigenvalue weighted by molar-refractivity contribution is 7.99. The van der Waals surface area contributed by atoms with E-state index in [4.69, 9.17) is 4.74 Å². The van der Waals surface area contributed by atoms with E-state index >= 15 is 0 Å². The highest BCUT2D eigenvalue weighted by Crippen LogP contribution is 2.29. The van der Waals surface area contributed by atoms with Gasteiger partial charge in [0, 0.05) is 22.6 Å². The number of benzene rings is 3. The molecule has 0 aliphatic rings. The summed E-state index contributed by atoms with van der Waals surface area (Å²) in [5, 5.41) is 0. The van der Waals surface area contributed by atoms with Crippen molar-refractivity contribution >= 4 is 23.6 Å². The Kier molecular flexibility index (Phi) is 7.72. The normalized spacial score (nSPS) is 10.2. The van der Waals surface area contributed by atoms with Crippen molar-refractivity contribution in [2.75, 3.05) is 12.4 Å². The van der Waals surface area contributed by atoms with Crippen molar-refractivity contribution < 1.29 is 14.3 Å². The lowest BCUT2D eigenvalue weighted by atomic mass is 10.1. The molecule has 2 N–H and O–H groups in total. The fourth-order valence-corrected chi connectivity index (χ4v) is 3.48. The van der Waals surface area contributed by atoms with Gasteiger partial charge < -0.3 is 4.74 Å². The van der Waals surface area contributed by atoms with E-state index in [1.54, 1.807) is 11.8 Å². The molecule has 0 heterocycles. The fraction of sp³-hybridized carbons (Fsp3) is 0.130. The molecule has 0 radical (unpaired) electrons. The highest BCUT2D eigenvalue weighted by Gasteiger charge is 2.09. The zero-order valence-corrected chi connectivity index (χ0v) is 16.7. The van der Waals surface area contributed by atoms with Crippen molar-refractivity contribution in [1.82, 2.24) is 10.9 Å². The fourth-order valence-electron chi connectivity index (χ4n) is 2.61. The molecule has 0 atom stereocenters. The van der Waals surface area contributed by atoms with Gasteiger partial charge in [0.1, 0.15) is 5.75 Å². The molecule has 3 rings (SSSR count). The van der Waals surface area contributed by atoms with Crippen LogP contribution in [0.5, 0.6) is 5.75 Å². The Morgan fingerprint density at radius 1 is 0.759 bits per heavy atom. The molecule has 0 saturated heterocycles. The number of thioether (sulfide) groups is 1. The van der Waals surface area contributed by atoms with Crippen LogP contribution in [0.15, 0.2) is 89.8 Å². The van der Waals surface area contributed by atoms with Gasteiger partial charge in [0.25, 0.3) is 5.91 Å². The molecule has 0 aromatic heterocycles. The van der Waals surface area contributed by atoms with Gasteiger partial charge in [0.05, 0.1) is 0 Å². The molecule has 0 fully saturated rings. The van der Waals surface area contributed by atoms with Crippen LogP contribution in [0.1, 0.15) is 6.42 Å². The third-order valence-electron chi connectivity index (χ3n) is 4.01. The summed E-state index contributed by atoms with van der Waals surface area (Å²) in [6.45, 7) is -0.192. The minimum Gasteiger partial charge on any atom is -0.483 e. The first-order valence-electron chi connectivity index (χ1n) is 9.25. The number of ether oxygens (including phenoxy) is 1. The monoisotopic (exact) mass is 406 g/mol. The quantitative estimate of drug-likeness (QED) is 0.437. The van der Waals surface area contributed by atoms with E-state index in [9.17, 15) is 9.59 Å². The Morgan fingerprint density at radius 3 is 2.14 bits per heavy atom. The molecule has 2 amide bonds. The van der Waals surface area contributed by atoms with Crippen LogP contribution in [0.2, 0.25) is 0 Å². The van der Waals surface area contributed by atoms with E-state index in [0.29, 0.717) is 17.9 Å². The molecule has 3 aromatic rings. The number of hydrogen-bond acceptors (Lipinski definition) is 4. The van der Waals surface area contributed by atoms with Gasteiger partial charge in [-0.05, 0) is 23.8 Å². The number of hydrazine groups is 1. The molecule has 29 heavy (non-hydrogen) atoms. The number of hydrogen-bond donors (Lipinski definition) is 2. The second-order valence-corrected chi connectivity index (χ2v) is 7.33. The van der Waals surface area contributed by atoms with Gasteiger partial charge in [-0.1, -0.05) is 66.7 Å². The smallest absolute Gasteiger partial charge is 0.276 e. The van der Waals surface area contributed by atoms with Crippen LogP contribution in [0.3, 0.4) is 0 Å². The Balaban J connectivity index is 1.41. The predicted molar refractivity (Wildman–Crippen MR) is 115 cm³/mol. The summed E-state index contributed by atoms with van der Waals surface area (Å²) in [4.78, 5) is 25.0. The lowest BCUT2D eigenvalue weighted by molar-refractivity contribution is -0.129. The first-order chi connectivity index (χ1) is 14.2. The average Bonchev–Trinajstić information content (AvgIpc) is 2.78. The number of nitrogens with one attached hydrogen (secondary N) is 2. The summed E-state index contributed by atoms with van der Waals surface area (Å²) in [6, 6.07) is 27.2. The molecule has 3 aromatic carbocycles. The molecule has 0 aliphatic heterocycles. The van der Waals surface area contributed by atoms with Gasteiger partial charge in [0.15, 0.2) is 6.61 Å². The molecular weight excluding hydrogens is 384 g/mol. The molecule has 0 saturated carbocycles. The zero-order valence-electron chi connectivity index (χ0n) is 15.8. The number of carbonyl (C=O) groups excluding carboxylic acids is 2. The first kappa shape index (κ1) is 20.5. The molecular formula is C23H22N2O3S. The topological polar surface area (TPSA) is 67.4 Å². The molecule has 0 spiro atoms. The molecule has 0 aliphatic carbocycles. The predicted octanol–water partition coefficient (Wildman–Crippen LogP) is 4.06.